The van der Waals surface area contributed by atoms with E-state index in [0.29, 0.717) is 22.1 Å². The largest absolute Gasteiger partial charge is 0.326 e. The average Bonchev–Trinajstić information content (AvgIpc) is 2.99. The number of halogens is 1. The van der Waals surface area contributed by atoms with Crippen LogP contribution < -0.4 is 15.5 Å². The van der Waals surface area contributed by atoms with Crippen LogP contribution in [0.3, 0.4) is 0 Å². The van der Waals surface area contributed by atoms with E-state index in [2.05, 4.69) is 10.6 Å². The van der Waals surface area contributed by atoms with E-state index in [4.69, 9.17) is 11.6 Å². The summed E-state index contributed by atoms with van der Waals surface area (Å²) >= 11 is 6.17. The fourth-order valence-electron chi connectivity index (χ4n) is 3.04. The quantitative estimate of drug-likeness (QED) is 0.844. The predicted molar refractivity (Wildman–Crippen MR) is 106 cm³/mol. The van der Waals surface area contributed by atoms with Crippen molar-refractivity contribution >= 4 is 46.4 Å². The molecule has 1 aliphatic rings. The van der Waals surface area contributed by atoms with Crippen LogP contribution in [0.25, 0.3) is 0 Å². The zero-order chi connectivity index (χ0) is 19.6. The van der Waals surface area contributed by atoms with Gasteiger partial charge in [0, 0.05) is 31.3 Å². The van der Waals surface area contributed by atoms with Gasteiger partial charge < -0.3 is 15.5 Å². The lowest BCUT2D eigenvalue weighted by Gasteiger charge is -2.18. The lowest BCUT2D eigenvalue weighted by atomic mass is 10.1. The Morgan fingerprint density at radius 3 is 2.63 bits per heavy atom. The van der Waals surface area contributed by atoms with Gasteiger partial charge in [0.05, 0.1) is 16.6 Å². The molecule has 1 aliphatic heterocycles. The number of rotatable bonds is 4. The van der Waals surface area contributed by atoms with E-state index in [-0.39, 0.29) is 30.7 Å². The Bertz CT molecular complexity index is 913. The molecule has 3 amide bonds. The Balaban J connectivity index is 1.71. The highest BCUT2D eigenvalue weighted by atomic mass is 35.5. The van der Waals surface area contributed by atoms with Gasteiger partial charge in [-0.1, -0.05) is 23.7 Å². The summed E-state index contributed by atoms with van der Waals surface area (Å²) in [7, 11) is 0. The normalized spacial score (nSPS) is 16.3. The lowest BCUT2D eigenvalue weighted by molar-refractivity contribution is -0.122. The van der Waals surface area contributed by atoms with Crippen molar-refractivity contribution in [3.8, 4) is 0 Å². The van der Waals surface area contributed by atoms with Gasteiger partial charge in [-0.2, -0.15) is 0 Å². The van der Waals surface area contributed by atoms with Gasteiger partial charge in [-0.3, -0.25) is 14.4 Å². The number of anilines is 3. The van der Waals surface area contributed by atoms with E-state index < -0.39 is 5.92 Å². The maximum Gasteiger partial charge on any atom is 0.229 e. The van der Waals surface area contributed by atoms with Gasteiger partial charge in [-0.05, 0) is 42.8 Å². The maximum absolute atomic E-state index is 12.6. The van der Waals surface area contributed by atoms with E-state index in [1.165, 1.54) is 6.92 Å². The molecule has 0 bridgehead atoms. The summed E-state index contributed by atoms with van der Waals surface area (Å²) in [5.74, 6) is -1.04. The van der Waals surface area contributed by atoms with Gasteiger partial charge in [0.15, 0.2) is 0 Å². The molecule has 2 aromatic carbocycles. The molecular formula is C20H20ClN3O3. The van der Waals surface area contributed by atoms with Gasteiger partial charge >= 0.3 is 0 Å². The van der Waals surface area contributed by atoms with Gasteiger partial charge in [0.25, 0.3) is 0 Å². The van der Waals surface area contributed by atoms with Crippen molar-refractivity contribution in [2.24, 2.45) is 5.92 Å². The molecule has 140 valence electrons. The smallest absolute Gasteiger partial charge is 0.229 e. The molecular weight excluding hydrogens is 366 g/mol. The molecule has 2 N–H and O–H groups in total. The maximum atomic E-state index is 12.6. The number of carbonyl (C=O) groups is 3. The Hall–Kier alpha value is -2.86. The minimum atomic E-state index is -0.473. The van der Waals surface area contributed by atoms with Crippen molar-refractivity contribution in [3.05, 3.63) is 53.1 Å². The van der Waals surface area contributed by atoms with Crippen LogP contribution in [0.5, 0.6) is 0 Å². The molecule has 1 atom stereocenters. The highest BCUT2D eigenvalue weighted by Gasteiger charge is 2.35. The first-order valence-corrected chi connectivity index (χ1v) is 8.96. The first kappa shape index (κ1) is 18.9. The number of benzene rings is 2. The molecule has 0 saturated carbocycles. The number of amides is 3. The molecule has 27 heavy (non-hydrogen) atoms. The van der Waals surface area contributed by atoms with E-state index >= 15 is 0 Å². The van der Waals surface area contributed by atoms with Crippen LogP contribution >= 0.6 is 11.6 Å². The first-order chi connectivity index (χ1) is 12.8. The van der Waals surface area contributed by atoms with Gasteiger partial charge in [-0.25, -0.2) is 0 Å². The molecule has 1 saturated heterocycles. The van der Waals surface area contributed by atoms with E-state index in [1.54, 1.807) is 41.3 Å². The number of nitrogens with one attached hydrogen (secondary N) is 2. The van der Waals surface area contributed by atoms with Crippen LogP contribution in [0.2, 0.25) is 5.02 Å². The molecule has 0 aliphatic carbocycles. The highest BCUT2D eigenvalue weighted by molar-refractivity contribution is 6.33. The highest BCUT2D eigenvalue weighted by Crippen LogP contribution is 2.29. The number of carbonyl (C=O) groups excluding carboxylic acids is 3. The Labute approximate surface area is 162 Å². The Kier molecular flexibility index (Phi) is 5.46. The number of nitrogens with zero attached hydrogens (tertiary/aromatic N) is 1. The third-order valence-electron chi connectivity index (χ3n) is 4.36. The second-order valence-corrected chi connectivity index (χ2v) is 7.02. The molecule has 2 aromatic rings. The second-order valence-electron chi connectivity index (χ2n) is 6.61. The molecule has 0 spiro atoms. The van der Waals surface area contributed by atoms with Crippen LogP contribution in [-0.2, 0) is 14.4 Å². The monoisotopic (exact) mass is 385 g/mol. The van der Waals surface area contributed by atoms with Crippen molar-refractivity contribution in [2.45, 2.75) is 20.3 Å². The minimum absolute atomic E-state index is 0.125. The average molecular weight is 386 g/mol. The second kappa shape index (κ2) is 7.80. The topological polar surface area (TPSA) is 78.5 Å². The summed E-state index contributed by atoms with van der Waals surface area (Å²) in [5, 5.41) is 5.96. The molecule has 0 aromatic heterocycles. The fraction of sp³-hybridized carbons (Fsp3) is 0.250. The minimum Gasteiger partial charge on any atom is -0.326 e. The zero-order valence-electron chi connectivity index (χ0n) is 15.1. The standard InChI is InChI=1S/C20H20ClN3O3/c1-12-6-7-18(17(21)8-12)23-20(27)14-9-19(26)24(11-14)16-5-3-4-15(10-16)22-13(2)25/h3-8,10,14H,9,11H2,1-2H3,(H,22,25)(H,23,27). The van der Waals surface area contributed by atoms with Crippen molar-refractivity contribution in [1.29, 1.82) is 0 Å². The fourth-order valence-corrected chi connectivity index (χ4v) is 3.33. The number of aryl methyl sites for hydroxylation is 1. The molecule has 1 fully saturated rings. The van der Waals surface area contributed by atoms with Gasteiger partial charge in [0.1, 0.15) is 0 Å². The van der Waals surface area contributed by atoms with Crippen LogP contribution in [-0.4, -0.2) is 24.3 Å². The van der Waals surface area contributed by atoms with Crippen LogP contribution in [0, 0.1) is 12.8 Å². The van der Waals surface area contributed by atoms with Crippen LogP contribution in [0.4, 0.5) is 17.1 Å². The van der Waals surface area contributed by atoms with E-state index in [1.807, 2.05) is 13.0 Å². The number of hydrogen-bond donors (Lipinski definition) is 2. The summed E-state index contributed by atoms with van der Waals surface area (Å²) in [5.41, 5.74) is 2.78. The summed E-state index contributed by atoms with van der Waals surface area (Å²) < 4.78 is 0. The third kappa shape index (κ3) is 4.46. The van der Waals surface area contributed by atoms with Crippen LogP contribution in [0.1, 0.15) is 18.9 Å². The molecule has 1 unspecified atom stereocenters. The van der Waals surface area contributed by atoms with E-state index in [0.717, 1.165) is 5.56 Å². The number of hydrogen-bond acceptors (Lipinski definition) is 3. The lowest BCUT2D eigenvalue weighted by Crippen LogP contribution is -2.28. The summed E-state index contributed by atoms with van der Waals surface area (Å²) in [6, 6.07) is 12.4. The van der Waals surface area contributed by atoms with Crippen LogP contribution in [0.15, 0.2) is 42.5 Å². The van der Waals surface area contributed by atoms with Crippen molar-refractivity contribution in [3.63, 3.8) is 0 Å². The van der Waals surface area contributed by atoms with Gasteiger partial charge in [-0.15, -0.1) is 0 Å². The Morgan fingerprint density at radius 2 is 1.93 bits per heavy atom. The van der Waals surface area contributed by atoms with E-state index in [9.17, 15) is 14.4 Å². The summed E-state index contributed by atoms with van der Waals surface area (Å²) in [4.78, 5) is 37.8. The summed E-state index contributed by atoms with van der Waals surface area (Å²) in [6.07, 6.45) is 0.125. The predicted octanol–water partition coefficient (Wildman–Crippen LogP) is 3.60. The molecule has 0 radical (unpaired) electrons. The van der Waals surface area contributed by atoms with Gasteiger partial charge in [0.2, 0.25) is 17.7 Å². The molecule has 6 nitrogen and oxygen atoms in total. The Morgan fingerprint density at radius 1 is 1.15 bits per heavy atom. The molecule has 7 heteroatoms. The van der Waals surface area contributed by atoms with Crippen molar-refractivity contribution in [2.75, 3.05) is 22.1 Å². The van der Waals surface area contributed by atoms with Crippen molar-refractivity contribution < 1.29 is 14.4 Å². The molecule has 3 rings (SSSR count). The first-order valence-electron chi connectivity index (χ1n) is 8.58. The SMILES string of the molecule is CC(=O)Nc1cccc(N2CC(C(=O)Nc3ccc(C)cc3Cl)CC2=O)c1. The molecule has 1 heterocycles. The zero-order valence-corrected chi connectivity index (χ0v) is 15.8. The third-order valence-corrected chi connectivity index (χ3v) is 4.67. The van der Waals surface area contributed by atoms with Crippen molar-refractivity contribution in [1.82, 2.24) is 0 Å². The summed E-state index contributed by atoms with van der Waals surface area (Å²) in [6.45, 7) is 3.61.